The van der Waals surface area contributed by atoms with Crippen LogP contribution in [-0.2, 0) is 23.9 Å². The summed E-state index contributed by atoms with van der Waals surface area (Å²) in [5.41, 5.74) is 6.35. The molecule has 1 aromatic carbocycles. The summed E-state index contributed by atoms with van der Waals surface area (Å²) in [7, 11) is 0. The number of hydrogen-bond donors (Lipinski definition) is 2. The molecule has 3 atom stereocenters. The first kappa shape index (κ1) is 28.9. The van der Waals surface area contributed by atoms with Crippen LogP contribution in [0.1, 0.15) is 77.7 Å². The van der Waals surface area contributed by atoms with E-state index < -0.39 is 42.1 Å². The van der Waals surface area contributed by atoms with Gasteiger partial charge in [0.25, 0.3) is 0 Å². The number of carboxylic acid groups (broad SMARTS) is 1. The average Bonchev–Trinajstić information content (AvgIpc) is 2.80. The molecule has 0 bridgehead atoms. The lowest BCUT2D eigenvalue weighted by Gasteiger charge is -2.25. The third-order valence-electron chi connectivity index (χ3n) is 4.99. The van der Waals surface area contributed by atoms with Crippen LogP contribution < -0.4 is 15.2 Å². The van der Waals surface area contributed by atoms with E-state index in [9.17, 15) is 24.3 Å². The number of esters is 2. The van der Waals surface area contributed by atoms with Crippen LogP contribution >= 0.6 is 0 Å². The fourth-order valence-electron chi connectivity index (χ4n) is 3.08. The molecule has 34 heavy (non-hydrogen) atoms. The number of unbranched alkanes of at least 4 members (excludes halogenated alkanes) is 2. The molecule has 0 aliphatic carbocycles. The molecular weight excluding hydrogens is 446 g/mol. The summed E-state index contributed by atoms with van der Waals surface area (Å²) < 4.78 is 20.8. The molecule has 0 saturated carbocycles. The maximum absolute atomic E-state index is 11.9. The molecule has 1 aromatic rings. The highest BCUT2D eigenvalue weighted by Gasteiger charge is 2.30. The Morgan fingerprint density at radius 2 is 1.59 bits per heavy atom. The maximum atomic E-state index is 11.9. The Morgan fingerprint density at radius 3 is 2.15 bits per heavy atom. The summed E-state index contributed by atoms with van der Waals surface area (Å²) in [4.78, 5) is 47.2. The average molecular weight is 482 g/mol. The fourth-order valence-corrected chi connectivity index (χ4v) is 3.08. The highest BCUT2D eigenvalue weighted by Crippen LogP contribution is 2.35. The SMILES string of the molecule is CCCCCOC(=O)OC(C)CC(c1ccc(OC(=O)CC)c(OC(=O)CC)c1)[C@H](N)C(=O)O. The minimum Gasteiger partial charge on any atom is -0.480 e. The molecule has 190 valence electrons. The summed E-state index contributed by atoms with van der Waals surface area (Å²) in [6, 6.07) is 3.02. The van der Waals surface area contributed by atoms with Crippen molar-refractivity contribution in [2.75, 3.05) is 6.61 Å². The summed E-state index contributed by atoms with van der Waals surface area (Å²) >= 11 is 0. The van der Waals surface area contributed by atoms with Gasteiger partial charge in [-0.1, -0.05) is 39.7 Å². The van der Waals surface area contributed by atoms with E-state index in [1.54, 1.807) is 20.8 Å². The summed E-state index contributed by atoms with van der Waals surface area (Å²) in [5.74, 6) is -3.16. The topological polar surface area (TPSA) is 151 Å². The first-order valence-corrected chi connectivity index (χ1v) is 11.5. The van der Waals surface area contributed by atoms with Gasteiger partial charge in [0.15, 0.2) is 11.5 Å². The Kier molecular flexibility index (Phi) is 12.7. The summed E-state index contributed by atoms with van der Waals surface area (Å²) in [6.07, 6.45) is 1.32. The standard InChI is InChI=1S/C24H35NO9/c1-5-8-9-12-31-24(30)32-15(4)13-17(22(25)23(28)29)16-10-11-18(33-20(26)6-2)19(14-16)34-21(27)7-3/h10-11,14-15,17,22H,5-9,12-13,25H2,1-4H3,(H,28,29)/t15?,17?,22-/m0/s1. The molecule has 0 fully saturated rings. The van der Waals surface area contributed by atoms with Crippen molar-refractivity contribution in [2.45, 2.75) is 84.3 Å². The van der Waals surface area contributed by atoms with Gasteiger partial charge in [0.2, 0.25) is 0 Å². The molecule has 1 rings (SSSR count). The van der Waals surface area contributed by atoms with Crippen molar-refractivity contribution in [1.82, 2.24) is 0 Å². The third kappa shape index (κ3) is 9.78. The number of ether oxygens (including phenoxy) is 4. The van der Waals surface area contributed by atoms with Crippen molar-refractivity contribution in [3.8, 4) is 11.5 Å². The van der Waals surface area contributed by atoms with Crippen molar-refractivity contribution in [3.63, 3.8) is 0 Å². The fraction of sp³-hybridized carbons (Fsp3) is 0.583. The van der Waals surface area contributed by atoms with Gasteiger partial charge in [-0.2, -0.15) is 0 Å². The molecule has 0 aliphatic heterocycles. The van der Waals surface area contributed by atoms with Gasteiger partial charge in [0.05, 0.1) is 6.61 Å². The molecule has 0 amide bonds. The minimum absolute atomic E-state index is 0.0278. The van der Waals surface area contributed by atoms with Crippen LogP contribution in [0.15, 0.2) is 18.2 Å². The number of aliphatic carboxylic acids is 1. The van der Waals surface area contributed by atoms with Crippen molar-refractivity contribution < 1.29 is 43.2 Å². The quantitative estimate of drug-likeness (QED) is 0.227. The lowest BCUT2D eigenvalue weighted by atomic mass is 9.87. The zero-order valence-electron chi connectivity index (χ0n) is 20.2. The van der Waals surface area contributed by atoms with Gasteiger partial charge in [-0.3, -0.25) is 14.4 Å². The van der Waals surface area contributed by atoms with E-state index in [0.29, 0.717) is 5.56 Å². The lowest BCUT2D eigenvalue weighted by Crippen LogP contribution is -2.38. The third-order valence-corrected chi connectivity index (χ3v) is 4.99. The number of hydrogen-bond acceptors (Lipinski definition) is 9. The first-order chi connectivity index (χ1) is 16.1. The second-order valence-electron chi connectivity index (χ2n) is 7.80. The molecular formula is C24H35NO9. The van der Waals surface area contributed by atoms with Gasteiger partial charge in [0.1, 0.15) is 12.1 Å². The number of carbonyl (C=O) groups excluding carboxylic acids is 3. The summed E-state index contributed by atoms with van der Waals surface area (Å²) in [5, 5.41) is 9.52. The Bertz CT molecular complexity index is 840. The number of carbonyl (C=O) groups is 4. The molecule has 0 radical (unpaired) electrons. The molecule has 0 aromatic heterocycles. The van der Waals surface area contributed by atoms with Crippen LogP contribution in [-0.4, -0.2) is 47.9 Å². The number of benzene rings is 1. The van der Waals surface area contributed by atoms with Crippen LogP contribution in [0.25, 0.3) is 0 Å². The monoisotopic (exact) mass is 481 g/mol. The van der Waals surface area contributed by atoms with E-state index in [2.05, 4.69) is 0 Å². The Labute approximate surface area is 199 Å². The molecule has 0 spiro atoms. The van der Waals surface area contributed by atoms with Crippen molar-refractivity contribution in [1.29, 1.82) is 0 Å². The predicted octanol–water partition coefficient (Wildman–Crippen LogP) is 3.93. The van der Waals surface area contributed by atoms with Crippen molar-refractivity contribution in [3.05, 3.63) is 23.8 Å². The van der Waals surface area contributed by atoms with E-state index in [0.717, 1.165) is 19.3 Å². The Balaban J connectivity index is 3.12. The molecule has 10 heteroatoms. The normalized spacial score (nSPS) is 13.3. The smallest absolute Gasteiger partial charge is 0.480 e. The number of carboxylic acids is 1. The lowest BCUT2D eigenvalue weighted by molar-refractivity contribution is -0.139. The van der Waals surface area contributed by atoms with Crippen LogP contribution in [0, 0.1) is 0 Å². The molecule has 0 heterocycles. The van der Waals surface area contributed by atoms with Gasteiger partial charge in [0, 0.05) is 18.8 Å². The molecule has 0 aliphatic rings. The minimum atomic E-state index is -1.34. The molecule has 2 unspecified atom stereocenters. The maximum Gasteiger partial charge on any atom is 0.508 e. The molecule has 10 nitrogen and oxygen atoms in total. The Hall–Kier alpha value is -3.14. The first-order valence-electron chi connectivity index (χ1n) is 11.5. The van der Waals surface area contributed by atoms with E-state index >= 15 is 0 Å². The van der Waals surface area contributed by atoms with Gasteiger partial charge < -0.3 is 29.8 Å². The highest BCUT2D eigenvalue weighted by molar-refractivity contribution is 5.77. The van der Waals surface area contributed by atoms with Gasteiger partial charge in [-0.05, 0) is 37.5 Å². The van der Waals surface area contributed by atoms with Crippen LogP contribution in [0.5, 0.6) is 11.5 Å². The molecule has 3 N–H and O–H groups in total. The van der Waals surface area contributed by atoms with Crippen LogP contribution in [0.2, 0.25) is 0 Å². The van der Waals surface area contributed by atoms with Gasteiger partial charge in [-0.15, -0.1) is 0 Å². The van der Waals surface area contributed by atoms with Crippen LogP contribution in [0.3, 0.4) is 0 Å². The zero-order chi connectivity index (χ0) is 25.7. The van der Waals surface area contributed by atoms with E-state index in [4.69, 9.17) is 24.7 Å². The van der Waals surface area contributed by atoms with Crippen LogP contribution in [0.4, 0.5) is 4.79 Å². The largest absolute Gasteiger partial charge is 0.508 e. The van der Waals surface area contributed by atoms with E-state index in [1.165, 1.54) is 18.2 Å². The second-order valence-corrected chi connectivity index (χ2v) is 7.80. The van der Waals surface area contributed by atoms with E-state index in [1.807, 2.05) is 6.92 Å². The predicted molar refractivity (Wildman–Crippen MR) is 123 cm³/mol. The van der Waals surface area contributed by atoms with Gasteiger partial charge in [-0.25, -0.2) is 4.79 Å². The highest BCUT2D eigenvalue weighted by atomic mass is 16.7. The number of rotatable bonds is 14. The Morgan fingerprint density at radius 1 is 0.971 bits per heavy atom. The molecule has 0 saturated heterocycles. The number of nitrogens with two attached hydrogens (primary N) is 1. The zero-order valence-corrected chi connectivity index (χ0v) is 20.2. The van der Waals surface area contributed by atoms with Crippen molar-refractivity contribution >= 4 is 24.1 Å². The van der Waals surface area contributed by atoms with Crippen molar-refractivity contribution in [2.24, 2.45) is 5.73 Å². The second kappa shape index (κ2) is 14.9. The van der Waals surface area contributed by atoms with E-state index in [-0.39, 0.29) is 37.4 Å². The van der Waals surface area contributed by atoms with Gasteiger partial charge >= 0.3 is 24.1 Å². The summed E-state index contributed by atoms with van der Waals surface area (Å²) in [6.45, 7) is 7.09.